The first-order chi connectivity index (χ1) is 13.6. The van der Waals surface area contributed by atoms with Crippen molar-refractivity contribution >= 4 is 73.1 Å². The second kappa shape index (κ2) is 8.34. The van der Waals surface area contributed by atoms with E-state index < -0.39 is 0 Å². The van der Waals surface area contributed by atoms with Crippen LogP contribution in [-0.4, -0.2) is 16.0 Å². The number of thiocarbonyl (C=S) groups is 1. The van der Waals surface area contributed by atoms with Crippen molar-refractivity contribution in [3.8, 4) is 11.3 Å². The lowest BCUT2D eigenvalue weighted by Crippen LogP contribution is -2.34. The maximum absolute atomic E-state index is 12.4. The van der Waals surface area contributed by atoms with E-state index in [4.69, 9.17) is 12.2 Å². The minimum Gasteiger partial charge on any atom is -0.308 e. The number of carbonyl (C=O) groups is 1. The Labute approximate surface area is 185 Å². The van der Waals surface area contributed by atoms with Gasteiger partial charge in [0.05, 0.1) is 11.3 Å². The van der Waals surface area contributed by atoms with E-state index in [9.17, 15) is 4.79 Å². The molecule has 138 valence electrons. The number of anilines is 1. The van der Waals surface area contributed by atoms with Crippen molar-refractivity contribution in [2.45, 2.75) is 0 Å². The first-order valence-electron chi connectivity index (χ1n) is 8.42. The molecule has 0 radical (unpaired) electrons. The highest BCUT2D eigenvalue weighted by molar-refractivity contribution is 14.1. The summed E-state index contributed by atoms with van der Waals surface area (Å²) in [5.74, 6) is -0.242. The number of halogens is 1. The predicted molar refractivity (Wildman–Crippen MR) is 128 cm³/mol. The van der Waals surface area contributed by atoms with Gasteiger partial charge in [-0.3, -0.25) is 10.1 Å². The van der Waals surface area contributed by atoms with E-state index in [1.54, 1.807) is 6.07 Å². The van der Waals surface area contributed by atoms with Gasteiger partial charge >= 0.3 is 0 Å². The number of aromatic nitrogens is 1. The van der Waals surface area contributed by atoms with Crippen LogP contribution >= 0.6 is 46.1 Å². The summed E-state index contributed by atoms with van der Waals surface area (Å²) in [5.41, 5.74) is 2.49. The highest BCUT2D eigenvalue weighted by Gasteiger charge is 2.12. The average Bonchev–Trinajstić information content (AvgIpc) is 3.16. The number of hydrogen-bond donors (Lipinski definition) is 2. The van der Waals surface area contributed by atoms with Crippen molar-refractivity contribution in [1.82, 2.24) is 10.3 Å². The van der Waals surface area contributed by atoms with Gasteiger partial charge in [-0.25, -0.2) is 4.98 Å². The highest BCUT2D eigenvalue weighted by atomic mass is 127. The number of thiazole rings is 1. The molecule has 1 aromatic heterocycles. The Balaban J connectivity index is 1.46. The van der Waals surface area contributed by atoms with Crippen molar-refractivity contribution in [1.29, 1.82) is 0 Å². The molecular formula is C21H14IN3OS2. The summed E-state index contributed by atoms with van der Waals surface area (Å²) in [7, 11) is 0. The topological polar surface area (TPSA) is 54.0 Å². The molecule has 3 aromatic carbocycles. The van der Waals surface area contributed by atoms with Gasteiger partial charge in [-0.05, 0) is 63.8 Å². The molecular weight excluding hydrogens is 501 g/mol. The standard InChI is InChI=1S/C21H14IN3OS2/c22-17-8-4-3-7-16(17)19(26)24-20(27)25-21-23-18(12-28-21)15-10-9-13-5-1-2-6-14(13)11-15/h1-12H,(H2,23,24,25,26,27). The van der Waals surface area contributed by atoms with Crippen LogP contribution < -0.4 is 10.6 Å². The van der Waals surface area contributed by atoms with Gasteiger partial charge in [-0.15, -0.1) is 11.3 Å². The maximum Gasteiger partial charge on any atom is 0.258 e. The van der Waals surface area contributed by atoms with Crippen LogP contribution in [0.25, 0.3) is 22.0 Å². The third kappa shape index (κ3) is 4.21. The number of hydrogen-bond acceptors (Lipinski definition) is 4. The Hall–Kier alpha value is -2.36. The number of nitrogens with one attached hydrogen (secondary N) is 2. The number of nitrogens with zero attached hydrogens (tertiary/aromatic N) is 1. The summed E-state index contributed by atoms with van der Waals surface area (Å²) in [6.07, 6.45) is 0. The zero-order chi connectivity index (χ0) is 19.5. The van der Waals surface area contributed by atoms with Gasteiger partial charge in [0.25, 0.3) is 5.91 Å². The van der Waals surface area contributed by atoms with Crippen LogP contribution in [-0.2, 0) is 0 Å². The lowest BCUT2D eigenvalue weighted by molar-refractivity contribution is 0.0977. The second-order valence-electron chi connectivity index (χ2n) is 5.99. The number of rotatable bonds is 3. The Kier molecular flexibility index (Phi) is 5.65. The third-order valence-electron chi connectivity index (χ3n) is 4.12. The molecule has 0 aliphatic carbocycles. The first kappa shape index (κ1) is 19.0. The van der Waals surface area contributed by atoms with E-state index in [-0.39, 0.29) is 11.0 Å². The van der Waals surface area contributed by atoms with Crippen LogP contribution in [0.2, 0.25) is 0 Å². The van der Waals surface area contributed by atoms with Crippen molar-refractivity contribution in [2.24, 2.45) is 0 Å². The average molecular weight is 515 g/mol. The fourth-order valence-electron chi connectivity index (χ4n) is 2.76. The molecule has 1 amide bonds. The first-order valence-corrected chi connectivity index (χ1v) is 10.8. The molecule has 0 aliphatic rings. The Morgan fingerprint density at radius 1 is 1.00 bits per heavy atom. The van der Waals surface area contributed by atoms with Gasteiger partial charge in [-0.2, -0.15) is 0 Å². The van der Waals surface area contributed by atoms with Crippen LogP contribution in [0.15, 0.2) is 72.1 Å². The van der Waals surface area contributed by atoms with Crippen molar-refractivity contribution < 1.29 is 4.79 Å². The number of benzene rings is 3. The molecule has 4 aromatic rings. The minimum atomic E-state index is -0.242. The quantitative estimate of drug-likeness (QED) is 0.272. The van der Waals surface area contributed by atoms with E-state index in [0.717, 1.165) is 14.8 Å². The summed E-state index contributed by atoms with van der Waals surface area (Å²) < 4.78 is 0.869. The fourth-order valence-corrected chi connectivity index (χ4v) is 4.37. The Morgan fingerprint density at radius 3 is 2.57 bits per heavy atom. The van der Waals surface area contributed by atoms with Gasteiger partial charge < -0.3 is 5.32 Å². The molecule has 4 nitrogen and oxygen atoms in total. The Bertz CT molecular complexity index is 1190. The van der Waals surface area contributed by atoms with E-state index in [2.05, 4.69) is 68.5 Å². The number of fused-ring (bicyclic) bond motifs is 1. The third-order valence-corrected chi connectivity index (χ3v) is 6.02. The predicted octanol–water partition coefficient (Wildman–Crippen LogP) is 5.69. The van der Waals surface area contributed by atoms with Gasteiger partial charge in [0.1, 0.15) is 0 Å². The van der Waals surface area contributed by atoms with Crippen molar-refractivity contribution in [3.05, 3.63) is 81.2 Å². The van der Waals surface area contributed by atoms with Crippen LogP contribution in [0.4, 0.5) is 5.13 Å². The monoisotopic (exact) mass is 515 g/mol. The molecule has 1 heterocycles. The van der Waals surface area contributed by atoms with Crippen LogP contribution in [0.5, 0.6) is 0 Å². The molecule has 0 spiro atoms. The molecule has 4 rings (SSSR count). The maximum atomic E-state index is 12.4. The zero-order valence-electron chi connectivity index (χ0n) is 14.5. The van der Waals surface area contributed by atoms with Crippen LogP contribution in [0.3, 0.4) is 0 Å². The van der Waals surface area contributed by atoms with E-state index >= 15 is 0 Å². The molecule has 0 bridgehead atoms. The molecule has 0 atom stereocenters. The summed E-state index contributed by atoms with van der Waals surface area (Å²) in [4.78, 5) is 16.9. The summed E-state index contributed by atoms with van der Waals surface area (Å²) in [6.45, 7) is 0. The molecule has 0 unspecified atom stereocenters. The molecule has 0 saturated heterocycles. The lowest BCUT2D eigenvalue weighted by Gasteiger charge is -2.08. The molecule has 28 heavy (non-hydrogen) atoms. The zero-order valence-corrected chi connectivity index (χ0v) is 18.3. The minimum absolute atomic E-state index is 0.226. The molecule has 2 N–H and O–H groups in total. The van der Waals surface area contributed by atoms with E-state index in [1.165, 1.54) is 22.1 Å². The lowest BCUT2D eigenvalue weighted by atomic mass is 10.1. The largest absolute Gasteiger partial charge is 0.308 e. The van der Waals surface area contributed by atoms with Crippen LogP contribution in [0.1, 0.15) is 10.4 Å². The molecule has 0 saturated carbocycles. The molecule has 0 aliphatic heterocycles. The summed E-state index contributed by atoms with van der Waals surface area (Å²) in [6, 6.07) is 21.8. The van der Waals surface area contributed by atoms with E-state index in [0.29, 0.717) is 10.7 Å². The Morgan fingerprint density at radius 2 is 1.75 bits per heavy atom. The highest BCUT2D eigenvalue weighted by Crippen LogP contribution is 2.27. The number of amides is 1. The molecule has 7 heteroatoms. The van der Waals surface area contributed by atoms with E-state index in [1.807, 2.05) is 35.7 Å². The summed E-state index contributed by atoms with van der Waals surface area (Å²) in [5, 5.41) is 10.9. The molecule has 0 fully saturated rings. The smallest absolute Gasteiger partial charge is 0.258 e. The van der Waals surface area contributed by atoms with Gasteiger partial charge in [0, 0.05) is 14.5 Å². The van der Waals surface area contributed by atoms with Gasteiger partial charge in [0.2, 0.25) is 0 Å². The van der Waals surface area contributed by atoms with Gasteiger partial charge in [0.15, 0.2) is 10.2 Å². The van der Waals surface area contributed by atoms with Crippen LogP contribution in [0, 0.1) is 3.57 Å². The summed E-state index contributed by atoms with van der Waals surface area (Å²) >= 11 is 8.83. The normalized spacial score (nSPS) is 10.6. The number of carbonyl (C=O) groups excluding carboxylic acids is 1. The fraction of sp³-hybridized carbons (Fsp3) is 0. The van der Waals surface area contributed by atoms with Crippen molar-refractivity contribution in [3.63, 3.8) is 0 Å². The van der Waals surface area contributed by atoms with Crippen molar-refractivity contribution in [2.75, 3.05) is 5.32 Å². The SMILES string of the molecule is O=C(NC(=S)Nc1nc(-c2ccc3ccccc3c2)cs1)c1ccccc1I. The van der Waals surface area contributed by atoms with Gasteiger partial charge in [-0.1, -0.05) is 48.5 Å². The second-order valence-corrected chi connectivity index (χ2v) is 8.42.